The number of benzene rings is 1. The molecule has 1 nitrogen and oxygen atoms in total. The molecular weight excluding hydrogens is 278 g/mol. The highest BCUT2D eigenvalue weighted by Gasteiger charge is 2.04. The number of rotatable bonds is 13. The van der Waals surface area contributed by atoms with E-state index in [1.54, 1.807) is 0 Å². The molecule has 0 N–H and O–H groups in total. The van der Waals surface area contributed by atoms with E-state index >= 15 is 0 Å². The molecule has 0 saturated carbocycles. The third-order valence-electron chi connectivity index (χ3n) is 4.51. The summed E-state index contributed by atoms with van der Waals surface area (Å²) >= 11 is 0. The Hall–Kier alpha value is -1.08. The predicted octanol–water partition coefficient (Wildman–Crippen LogP) is 6.09. The molecule has 0 amide bonds. The van der Waals surface area contributed by atoms with Crippen molar-refractivity contribution < 1.29 is 4.48 Å². The van der Waals surface area contributed by atoms with Gasteiger partial charge in [-0.25, -0.2) is 0 Å². The van der Waals surface area contributed by atoms with Crippen LogP contribution < -0.4 is 0 Å². The molecular formula is C22H38N+. The van der Waals surface area contributed by atoms with Gasteiger partial charge < -0.3 is 4.48 Å². The largest absolute Gasteiger partial charge is 0.331 e. The second-order valence-corrected chi connectivity index (χ2v) is 7.89. The molecule has 1 aromatic carbocycles. The van der Waals surface area contributed by atoms with E-state index < -0.39 is 0 Å². The second-order valence-electron chi connectivity index (χ2n) is 7.89. The lowest BCUT2D eigenvalue weighted by molar-refractivity contribution is -0.870. The maximum Gasteiger partial charge on any atom is 0.0780 e. The van der Waals surface area contributed by atoms with E-state index in [1.807, 2.05) is 6.08 Å². The zero-order valence-electron chi connectivity index (χ0n) is 15.8. The highest BCUT2D eigenvalue weighted by atomic mass is 15.3. The van der Waals surface area contributed by atoms with E-state index in [0.29, 0.717) is 0 Å². The molecule has 130 valence electrons. The summed E-state index contributed by atoms with van der Waals surface area (Å²) in [5, 5.41) is 0. The second kappa shape index (κ2) is 11.5. The molecule has 0 saturated heterocycles. The molecule has 1 heteroatoms. The molecule has 0 unspecified atom stereocenters. The fraction of sp³-hybridized carbons (Fsp3) is 0.636. The fourth-order valence-corrected chi connectivity index (χ4v) is 2.97. The van der Waals surface area contributed by atoms with Gasteiger partial charge in [-0.3, -0.25) is 0 Å². The van der Waals surface area contributed by atoms with Gasteiger partial charge in [-0.1, -0.05) is 75.4 Å². The molecule has 23 heavy (non-hydrogen) atoms. The van der Waals surface area contributed by atoms with Crippen molar-refractivity contribution >= 4 is 6.08 Å². The minimum atomic E-state index is 1.11. The van der Waals surface area contributed by atoms with Crippen LogP contribution in [0.2, 0.25) is 0 Å². The van der Waals surface area contributed by atoms with Gasteiger partial charge in [0.2, 0.25) is 0 Å². The molecule has 0 aliphatic heterocycles. The zero-order chi connectivity index (χ0) is 17.0. The van der Waals surface area contributed by atoms with Crippen LogP contribution in [0.1, 0.15) is 68.9 Å². The molecule has 0 aromatic heterocycles. The summed E-state index contributed by atoms with van der Waals surface area (Å²) in [6.45, 7) is 5.11. The van der Waals surface area contributed by atoms with Crippen molar-refractivity contribution in [3.63, 3.8) is 0 Å². The Morgan fingerprint density at radius 3 is 1.70 bits per heavy atom. The van der Waals surface area contributed by atoms with E-state index in [4.69, 9.17) is 0 Å². The van der Waals surface area contributed by atoms with E-state index in [0.717, 1.165) is 4.48 Å². The molecule has 1 rings (SSSR count). The average molecular weight is 317 g/mol. The Balaban J connectivity index is 1.88. The topological polar surface area (TPSA) is 0 Å². The first kappa shape index (κ1) is 20.0. The van der Waals surface area contributed by atoms with Gasteiger partial charge in [0.25, 0.3) is 0 Å². The first-order valence-corrected chi connectivity index (χ1v) is 9.53. The van der Waals surface area contributed by atoms with E-state index in [9.17, 15) is 0 Å². The quantitative estimate of drug-likeness (QED) is 0.305. The Kier molecular flexibility index (Phi) is 9.94. The average Bonchev–Trinajstić information content (AvgIpc) is 2.52. The number of nitrogens with zero attached hydrogens (tertiary/aromatic N) is 1. The van der Waals surface area contributed by atoms with Gasteiger partial charge in [0.1, 0.15) is 0 Å². The van der Waals surface area contributed by atoms with Crippen molar-refractivity contribution in [1.82, 2.24) is 0 Å². The summed E-state index contributed by atoms with van der Waals surface area (Å²) in [5.41, 5.74) is 2.68. The van der Waals surface area contributed by atoms with Gasteiger partial charge in [0, 0.05) is 0 Å². The number of aryl methyl sites for hydroxylation is 1. The molecule has 0 aliphatic rings. The summed E-state index contributed by atoms with van der Waals surface area (Å²) in [4.78, 5) is 0. The van der Waals surface area contributed by atoms with Crippen LogP contribution in [0.15, 0.2) is 30.8 Å². The van der Waals surface area contributed by atoms with Gasteiger partial charge in [-0.2, -0.15) is 0 Å². The maximum atomic E-state index is 3.80. The fourth-order valence-electron chi connectivity index (χ4n) is 2.97. The maximum absolute atomic E-state index is 3.80. The van der Waals surface area contributed by atoms with Crippen molar-refractivity contribution in [1.29, 1.82) is 0 Å². The highest BCUT2D eigenvalue weighted by Crippen LogP contribution is 2.13. The number of hydrogen-bond donors (Lipinski definition) is 0. The molecule has 0 heterocycles. The van der Waals surface area contributed by atoms with Gasteiger partial charge in [0.15, 0.2) is 0 Å². The number of quaternary nitrogens is 1. The smallest absolute Gasteiger partial charge is 0.0780 e. The molecule has 1 aromatic rings. The first-order chi connectivity index (χ1) is 11.0. The lowest BCUT2D eigenvalue weighted by Crippen LogP contribution is -2.35. The van der Waals surface area contributed by atoms with Gasteiger partial charge in [-0.05, 0) is 36.8 Å². The van der Waals surface area contributed by atoms with Crippen molar-refractivity contribution in [2.45, 2.75) is 64.2 Å². The summed E-state index contributed by atoms with van der Waals surface area (Å²) in [6.07, 6.45) is 15.8. The summed E-state index contributed by atoms with van der Waals surface area (Å²) in [7, 11) is 6.86. The van der Waals surface area contributed by atoms with E-state index in [-0.39, 0.29) is 0 Å². The first-order valence-electron chi connectivity index (χ1n) is 9.53. The van der Waals surface area contributed by atoms with Gasteiger partial charge in [-0.15, -0.1) is 0 Å². The predicted molar refractivity (Wildman–Crippen MR) is 105 cm³/mol. The summed E-state index contributed by atoms with van der Waals surface area (Å²) in [6, 6.07) is 8.82. The van der Waals surface area contributed by atoms with Crippen molar-refractivity contribution in [2.75, 3.05) is 27.7 Å². The highest BCUT2D eigenvalue weighted by molar-refractivity contribution is 5.47. The third-order valence-corrected chi connectivity index (χ3v) is 4.51. The Labute approximate surface area is 145 Å². The van der Waals surface area contributed by atoms with Crippen molar-refractivity contribution in [3.8, 4) is 0 Å². The Morgan fingerprint density at radius 2 is 1.22 bits per heavy atom. The molecule has 0 spiro atoms. The van der Waals surface area contributed by atoms with Gasteiger partial charge in [0.05, 0.1) is 27.7 Å². The van der Waals surface area contributed by atoms with Crippen LogP contribution in [0.3, 0.4) is 0 Å². The monoisotopic (exact) mass is 316 g/mol. The van der Waals surface area contributed by atoms with Crippen molar-refractivity contribution in [2.24, 2.45) is 0 Å². The molecule has 0 bridgehead atoms. The van der Waals surface area contributed by atoms with Crippen LogP contribution in [0, 0.1) is 0 Å². The number of unbranched alkanes of at least 4 members (excludes halogenated alkanes) is 8. The van der Waals surface area contributed by atoms with Crippen LogP contribution in [0.25, 0.3) is 6.08 Å². The Bertz CT molecular complexity index is 411. The standard InChI is InChI=1S/C22H38N/c1-5-21-16-18-22(19-17-21)15-13-11-9-7-6-8-10-12-14-20-23(2,3)4/h5,16-19H,1,6-15,20H2,2-4H3/q+1. The molecule has 0 atom stereocenters. The van der Waals surface area contributed by atoms with Crippen LogP contribution >= 0.6 is 0 Å². The van der Waals surface area contributed by atoms with Crippen molar-refractivity contribution in [3.05, 3.63) is 42.0 Å². The molecule has 0 radical (unpaired) electrons. The lowest BCUT2D eigenvalue weighted by atomic mass is 10.0. The minimum Gasteiger partial charge on any atom is -0.331 e. The van der Waals surface area contributed by atoms with Crippen LogP contribution in [-0.4, -0.2) is 32.2 Å². The summed E-state index contributed by atoms with van der Waals surface area (Å²) in [5.74, 6) is 0. The van der Waals surface area contributed by atoms with Crippen LogP contribution in [0.4, 0.5) is 0 Å². The van der Waals surface area contributed by atoms with Crippen LogP contribution in [0.5, 0.6) is 0 Å². The number of hydrogen-bond acceptors (Lipinski definition) is 0. The normalized spacial score (nSPS) is 11.6. The molecule has 0 fully saturated rings. The lowest BCUT2D eigenvalue weighted by Gasteiger charge is -2.23. The SMILES string of the molecule is C=Cc1ccc(CCCCCCCCCCC[N+](C)(C)C)cc1. The molecule has 0 aliphatic carbocycles. The zero-order valence-corrected chi connectivity index (χ0v) is 15.8. The Morgan fingerprint density at radius 1 is 0.739 bits per heavy atom. The minimum absolute atomic E-state index is 1.11. The summed E-state index contributed by atoms with van der Waals surface area (Å²) < 4.78 is 1.11. The third kappa shape index (κ3) is 11.1. The van der Waals surface area contributed by atoms with E-state index in [2.05, 4.69) is 52.0 Å². The van der Waals surface area contributed by atoms with Gasteiger partial charge >= 0.3 is 0 Å². The van der Waals surface area contributed by atoms with E-state index in [1.165, 1.54) is 81.9 Å². The van der Waals surface area contributed by atoms with Crippen LogP contribution in [-0.2, 0) is 6.42 Å².